The summed E-state index contributed by atoms with van der Waals surface area (Å²) in [5, 5.41) is 1.81. The van der Waals surface area contributed by atoms with Gasteiger partial charge in [-0.25, -0.2) is 4.79 Å². The fourth-order valence-corrected chi connectivity index (χ4v) is 5.18. The monoisotopic (exact) mass is 577 g/mol. The van der Waals surface area contributed by atoms with Crippen molar-refractivity contribution in [3.05, 3.63) is 94.1 Å². The number of carbonyl (C=O) groups is 2. The number of nitrogens with zero attached hydrogens (tertiary/aromatic N) is 2. The predicted octanol–water partition coefficient (Wildman–Crippen LogP) is 6.05. The molecule has 41 heavy (non-hydrogen) atoms. The van der Waals surface area contributed by atoms with Gasteiger partial charge >= 0.3 is 6.09 Å². The first kappa shape index (κ1) is 30.1. The van der Waals surface area contributed by atoms with E-state index in [0.717, 1.165) is 54.9 Å². The Morgan fingerprint density at radius 3 is 2.24 bits per heavy atom. The number of nitrogens with one attached hydrogen (secondary N) is 1. The van der Waals surface area contributed by atoms with Crippen LogP contribution in [0.1, 0.15) is 28.4 Å². The Morgan fingerprint density at radius 1 is 0.976 bits per heavy atom. The molecule has 1 atom stereocenters. The maximum Gasteiger partial charge on any atom is 0.416 e. The van der Waals surface area contributed by atoms with Gasteiger partial charge in [-0.2, -0.15) is 0 Å². The van der Waals surface area contributed by atoms with Crippen molar-refractivity contribution < 1.29 is 23.8 Å². The molecule has 1 amide bonds. The van der Waals surface area contributed by atoms with E-state index in [1.165, 1.54) is 11.1 Å². The Morgan fingerprint density at radius 2 is 1.63 bits per heavy atom. The number of benzene rings is 3. The van der Waals surface area contributed by atoms with Crippen LogP contribution in [0.4, 0.5) is 4.79 Å². The number of hydrogen-bond acceptors (Lipinski definition) is 6. The molecule has 8 nitrogen and oxygen atoms in total. The lowest BCUT2D eigenvalue weighted by Crippen LogP contribution is -2.42. The van der Waals surface area contributed by atoms with Gasteiger partial charge in [0.05, 0.1) is 20.3 Å². The average Bonchev–Trinajstić information content (AvgIpc) is 3.37. The Bertz CT molecular complexity index is 1430. The fourth-order valence-electron chi connectivity index (χ4n) is 5.01. The number of likely N-dealkylation sites (N-methyl/N-ethyl adjacent to an activating group) is 1. The average molecular weight is 578 g/mol. The second kappa shape index (κ2) is 14.2. The predicted molar refractivity (Wildman–Crippen MR) is 161 cm³/mol. The molecule has 1 N–H and O–H groups in total. The van der Waals surface area contributed by atoms with Crippen molar-refractivity contribution in [1.82, 2.24) is 14.8 Å². The third-order valence-corrected chi connectivity index (χ3v) is 7.45. The van der Waals surface area contributed by atoms with Crippen LogP contribution in [0.25, 0.3) is 10.9 Å². The number of halogens is 1. The van der Waals surface area contributed by atoms with Gasteiger partial charge in [0.25, 0.3) is 0 Å². The number of methoxy groups -OCH3 is 1. The zero-order valence-corrected chi connectivity index (χ0v) is 24.4. The maximum absolute atomic E-state index is 13.3. The van der Waals surface area contributed by atoms with Crippen molar-refractivity contribution in [2.75, 3.05) is 47.0 Å². The van der Waals surface area contributed by atoms with E-state index in [-0.39, 0.29) is 12.1 Å². The van der Waals surface area contributed by atoms with Gasteiger partial charge in [0, 0.05) is 41.3 Å². The van der Waals surface area contributed by atoms with Crippen molar-refractivity contribution in [1.29, 1.82) is 0 Å². The zero-order valence-electron chi connectivity index (χ0n) is 23.7. The third-order valence-electron chi connectivity index (χ3n) is 7.22. The number of fused-ring (bicyclic) bond motifs is 3. The van der Waals surface area contributed by atoms with Crippen molar-refractivity contribution in [2.24, 2.45) is 0 Å². The Labute approximate surface area is 245 Å². The van der Waals surface area contributed by atoms with Crippen molar-refractivity contribution in [3.63, 3.8) is 0 Å². The molecule has 6 rings (SSSR count). The van der Waals surface area contributed by atoms with E-state index in [2.05, 4.69) is 48.1 Å². The van der Waals surface area contributed by atoms with Crippen LogP contribution >= 0.6 is 11.6 Å². The molecule has 0 aliphatic carbocycles. The molecule has 4 aromatic rings. The molecule has 216 valence electrons. The molecular formula is C32H36ClN3O5. The number of hydrogen-bond donors (Lipinski definition) is 1. The lowest BCUT2D eigenvalue weighted by molar-refractivity contribution is -0.0980. The molecule has 2 aliphatic rings. The third kappa shape index (κ3) is 7.27. The number of ether oxygens (including phenoxy) is 3. The minimum Gasteiger partial charge on any atom is -0.497 e. The quantitative estimate of drug-likeness (QED) is 0.319. The van der Waals surface area contributed by atoms with Crippen molar-refractivity contribution >= 4 is 35.4 Å². The highest BCUT2D eigenvalue weighted by Gasteiger charge is 2.35. The normalized spacial score (nSPS) is 16.5. The summed E-state index contributed by atoms with van der Waals surface area (Å²) in [4.78, 5) is 28.9. The van der Waals surface area contributed by atoms with Crippen LogP contribution in [0.3, 0.4) is 0 Å². The first-order valence-electron chi connectivity index (χ1n) is 13.5. The molecule has 1 saturated heterocycles. The Kier molecular flexibility index (Phi) is 10.4. The minimum atomic E-state index is -0.386. The van der Waals surface area contributed by atoms with E-state index in [9.17, 15) is 4.79 Å². The molecule has 2 aliphatic heterocycles. The molecule has 1 aromatic heterocycles. The molecule has 3 heterocycles. The topological polar surface area (TPSA) is 84.1 Å². The highest BCUT2D eigenvalue weighted by molar-refractivity contribution is 6.31. The molecule has 1 unspecified atom stereocenters. The minimum absolute atomic E-state index is 0.281. The zero-order chi connectivity index (χ0) is 29.4. The van der Waals surface area contributed by atoms with E-state index in [1.54, 1.807) is 36.3 Å². The number of H-pyrrole nitrogens is 1. The number of aromatic amines is 1. The van der Waals surface area contributed by atoms with E-state index in [1.807, 2.05) is 25.0 Å². The van der Waals surface area contributed by atoms with Gasteiger partial charge in [0.2, 0.25) is 0 Å². The molecule has 0 radical (unpaired) electrons. The van der Waals surface area contributed by atoms with Gasteiger partial charge in [0.15, 0.2) is 0 Å². The molecule has 3 aromatic carbocycles. The van der Waals surface area contributed by atoms with Crippen LogP contribution in [0.15, 0.2) is 66.7 Å². The largest absolute Gasteiger partial charge is 0.497 e. The molecule has 0 saturated carbocycles. The van der Waals surface area contributed by atoms with Gasteiger partial charge in [-0.3, -0.25) is 4.90 Å². The van der Waals surface area contributed by atoms with E-state index in [4.69, 9.17) is 30.6 Å². The Hall–Kier alpha value is -3.85. The lowest BCUT2D eigenvalue weighted by Gasteiger charge is -2.35. The number of aromatic nitrogens is 1. The van der Waals surface area contributed by atoms with Crippen molar-refractivity contribution in [3.8, 4) is 11.5 Å². The number of carbonyl (C=O) groups excluding carboxylic acids is 2. The smallest absolute Gasteiger partial charge is 0.416 e. The summed E-state index contributed by atoms with van der Waals surface area (Å²) in [6, 6.07) is 20.9. The number of morpholine rings is 1. The second-order valence-corrected chi connectivity index (χ2v) is 10.4. The Balaban J connectivity index is 0.000000372. The van der Waals surface area contributed by atoms with Gasteiger partial charge < -0.3 is 28.9 Å². The SMILES string of the molecule is C=O.CN1CCOCC1.COc1ccc(OC(=O)N2CCc3c([nH]c4ccc(Cl)cc34)C2c2ccc(C)cc2)cc1. The van der Waals surface area contributed by atoms with Crippen LogP contribution < -0.4 is 9.47 Å². The number of rotatable bonds is 3. The molecular weight excluding hydrogens is 542 g/mol. The highest BCUT2D eigenvalue weighted by atomic mass is 35.5. The molecule has 9 heteroatoms. The summed E-state index contributed by atoms with van der Waals surface area (Å²) in [6.45, 7) is 8.61. The van der Waals surface area contributed by atoms with E-state index >= 15 is 0 Å². The summed E-state index contributed by atoms with van der Waals surface area (Å²) >= 11 is 6.27. The number of amides is 1. The highest BCUT2D eigenvalue weighted by Crippen LogP contribution is 2.39. The van der Waals surface area contributed by atoms with Crippen LogP contribution in [-0.2, 0) is 16.0 Å². The van der Waals surface area contributed by atoms with Gasteiger partial charge in [-0.1, -0.05) is 41.4 Å². The maximum atomic E-state index is 13.3. The summed E-state index contributed by atoms with van der Waals surface area (Å²) < 4.78 is 16.0. The van der Waals surface area contributed by atoms with Crippen LogP contribution in [-0.4, -0.2) is 74.7 Å². The lowest BCUT2D eigenvalue weighted by atomic mass is 9.92. The van der Waals surface area contributed by atoms with Gasteiger partial charge in [-0.15, -0.1) is 0 Å². The van der Waals surface area contributed by atoms with Gasteiger partial charge in [0.1, 0.15) is 24.3 Å². The molecule has 0 spiro atoms. The van der Waals surface area contributed by atoms with E-state index in [0.29, 0.717) is 23.1 Å². The van der Waals surface area contributed by atoms with Gasteiger partial charge in [-0.05, 0) is 74.0 Å². The van der Waals surface area contributed by atoms with Crippen LogP contribution in [0.2, 0.25) is 5.02 Å². The second-order valence-electron chi connectivity index (χ2n) is 9.92. The van der Waals surface area contributed by atoms with Crippen molar-refractivity contribution in [2.45, 2.75) is 19.4 Å². The molecule has 1 fully saturated rings. The summed E-state index contributed by atoms with van der Waals surface area (Å²) in [5.41, 5.74) is 5.41. The van der Waals surface area contributed by atoms with E-state index < -0.39 is 0 Å². The summed E-state index contributed by atoms with van der Waals surface area (Å²) in [5.74, 6) is 1.19. The first-order valence-corrected chi connectivity index (χ1v) is 13.8. The van der Waals surface area contributed by atoms with Crippen LogP contribution in [0, 0.1) is 6.92 Å². The summed E-state index contributed by atoms with van der Waals surface area (Å²) in [7, 11) is 3.72. The van der Waals surface area contributed by atoms with Crippen LogP contribution in [0.5, 0.6) is 11.5 Å². The standard InChI is InChI=1S/C26H23ClN2O3.C5H11NO.CH2O/c1-16-3-5-17(6-4-16)25-24-21(22-15-18(27)7-12-23(22)28-24)13-14-29(25)26(30)32-20-10-8-19(31-2)9-11-20;1-6-2-4-7-5-3-6;1-2/h3-12,15,25,28H,13-14H2,1-2H3;2-5H2,1H3;1H2. The molecule has 0 bridgehead atoms. The summed E-state index contributed by atoms with van der Waals surface area (Å²) in [6.07, 6.45) is 0.332. The fraction of sp³-hybridized carbons (Fsp3) is 0.312. The first-order chi connectivity index (χ1) is 19.9. The number of aryl methyl sites for hydroxylation is 1.